The number of anilines is 2. The van der Waals surface area contributed by atoms with Gasteiger partial charge in [0.05, 0.1) is 28.3 Å². The molecule has 186 valence electrons. The van der Waals surface area contributed by atoms with Gasteiger partial charge in [-0.2, -0.15) is 8.60 Å². The minimum Gasteiger partial charge on any atom is -0.336 e. The average molecular weight is 519 g/mol. The molecule has 0 radical (unpaired) electrons. The van der Waals surface area contributed by atoms with Crippen molar-refractivity contribution >= 4 is 37.3 Å². The van der Waals surface area contributed by atoms with Gasteiger partial charge in [-0.05, 0) is 36.4 Å². The Morgan fingerprint density at radius 3 is 1.71 bits per heavy atom. The molecule has 1 amide bonds. The first-order valence-electron chi connectivity index (χ1n) is 10.5. The van der Waals surface area contributed by atoms with Gasteiger partial charge in [-0.3, -0.25) is 4.79 Å². The molecule has 35 heavy (non-hydrogen) atoms. The van der Waals surface area contributed by atoms with E-state index < -0.39 is 25.5 Å². The molecule has 1 N–H and O–H groups in total. The van der Waals surface area contributed by atoms with E-state index in [1.54, 1.807) is 32.9 Å². The topological polar surface area (TPSA) is 119 Å². The van der Waals surface area contributed by atoms with Crippen molar-refractivity contribution in [3.8, 4) is 5.75 Å². The lowest BCUT2D eigenvalue weighted by atomic mass is 9.95. The van der Waals surface area contributed by atoms with Gasteiger partial charge in [-0.15, -0.1) is 0 Å². The molecule has 0 unspecified atom stereocenters. The fraction of sp³-hybridized carbons (Fsp3) is 0.208. The second-order valence-corrected chi connectivity index (χ2v) is 12.3. The van der Waals surface area contributed by atoms with E-state index in [0.29, 0.717) is 3.71 Å². The highest BCUT2D eigenvalue weighted by Gasteiger charge is 2.37. The molecule has 0 aromatic heterocycles. The van der Waals surface area contributed by atoms with Crippen molar-refractivity contribution in [2.45, 2.75) is 30.6 Å². The molecule has 0 heterocycles. The maximum atomic E-state index is 13.6. The zero-order valence-corrected chi connectivity index (χ0v) is 21.3. The first kappa shape index (κ1) is 26.2. The summed E-state index contributed by atoms with van der Waals surface area (Å²) in [5.41, 5.74) is -0.800. The van der Waals surface area contributed by atoms with E-state index in [0.717, 1.165) is 0 Å². The Kier molecular flexibility index (Phi) is 7.53. The van der Waals surface area contributed by atoms with Crippen LogP contribution < -0.4 is 13.9 Å². The predicted octanol–water partition coefficient (Wildman–Crippen LogP) is 4.20. The molecule has 0 bridgehead atoms. The number of hydrogen-bond donors (Lipinski definition) is 1. The van der Waals surface area contributed by atoms with Crippen LogP contribution in [0.3, 0.4) is 0 Å². The van der Waals surface area contributed by atoms with Gasteiger partial charge in [0.2, 0.25) is 5.91 Å². The monoisotopic (exact) mass is 518 g/mol. The third kappa shape index (κ3) is 5.64. The first-order valence-corrected chi connectivity index (χ1v) is 13.3. The van der Waals surface area contributed by atoms with Crippen LogP contribution in [0.4, 0.5) is 11.4 Å². The maximum Gasteiger partial charge on any atom is 0.277 e. The van der Waals surface area contributed by atoms with Gasteiger partial charge in [0, 0.05) is 11.5 Å². The number of carbonyl (C=O) groups is 1. The third-order valence-corrected chi connectivity index (χ3v) is 9.01. The lowest BCUT2D eigenvalue weighted by Crippen LogP contribution is -2.37. The van der Waals surface area contributed by atoms with E-state index >= 15 is 0 Å². The fourth-order valence-corrected chi connectivity index (χ4v) is 6.70. The number of nitrogens with one attached hydrogen (secondary N) is 1. The van der Waals surface area contributed by atoms with Crippen LogP contribution in [0.25, 0.3) is 0 Å². The van der Waals surface area contributed by atoms with Gasteiger partial charge in [-0.25, -0.2) is 16.8 Å². The van der Waals surface area contributed by atoms with E-state index in [-0.39, 0.29) is 32.8 Å². The molecule has 0 atom stereocenters. The summed E-state index contributed by atoms with van der Waals surface area (Å²) in [5.74, 6) is -0.420. The van der Waals surface area contributed by atoms with Crippen LogP contribution in [-0.2, 0) is 29.7 Å². The predicted molar refractivity (Wildman–Crippen MR) is 132 cm³/mol. The number of amides is 1. The average Bonchev–Trinajstić information content (AvgIpc) is 2.81. The standard InChI is InChI=1S/C24H26N2O7S2/c1-24(2,3)23(27)25-21-16-15-18(17-22(21)33-32-4)26(34(28,29)19-11-7-5-8-12-19)35(30,31)20-13-9-6-10-14-20/h5-17H,1-4H3,(H,25,27). The van der Waals surface area contributed by atoms with Crippen molar-refractivity contribution in [2.75, 3.05) is 16.1 Å². The van der Waals surface area contributed by atoms with Gasteiger partial charge in [0.25, 0.3) is 20.0 Å². The van der Waals surface area contributed by atoms with Crippen LogP contribution in [-0.4, -0.2) is 29.9 Å². The van der Waals surface area contributed by atoms with E-state index in [2.05, 4.69) is 5.32 Å². The number of nitrogens with zero attached hydrogens (tertiary/aromatic N) is 1. The van der Waals surface area contributed by atoms with Crippen LogP contribution in [0.5, 0.6) is 5.75 Å². The highest BCUT2D eigenvalue weighted by Crippen LogP contribution is 2.36. The Morgan fingerprint density at radius 1 is 0.800 bits per heavy atom. The van der Waals surface area contributed by atoms with Gasteiger partial charge < -0.3 is 10.2 Å². The molecule has 0 aliphatic rings. The summed E-state index contributed by atoms with van der Waals surface area (Å²) in [4.78, 5) is 21.9. The zero-order chi connectivity index (χ0) is 25.9. The van der Waals surface area contributed by atoms with Crippen LogP contribution in [0, 0.1) is 5.41 Å². The molecule has 0 fully saturated rings. The summed E-state index contributed by atoms with van der Waals surface area (Å²) in [6, 6.07) is 18.2. The molecule has 0 saturated carbocycles. The Balaban J connectivity index is 2.22. The Morgan fingerprint density at radius 2 is 1.29 bits per heavy atom. The third-order valence-electron chi connectivity index (χ3n) is 4.80. The number of carbonyl (C=O) groups excluding carboxylic acids is 1. The van der Waals surface area contributed by atoms with Crippen molar-refractivity contribution in [1.82, 2.24) is 0 Å². The maximum absolute atomic E-state index is 13.6. The zero-order valence-electron chi connectivity index (χ0n) is 19.6. The van der Waals surface area contributed by atoms with E-state index in [4.69, 9.17) is 9.78 Å². The van der Waals surface area contributed by atoms with Gasteiger partial charge in [0.1, 0.15) is 0 Å². The fourth-order valence-electron chi connectivity index (χ4n) is 2.98. The quantitative estimate of drug-likeness (QED) is 0.351. The second kappa shape index (κ2) is 10.1. The summed E-state index contributed by atoms with van der Waals surface area (Å²) in [6.45, 7) is 5.15. The largest absolute Gasteiger partial charge is 0.336 e. The summed E-state index contributed by atoms with van der Waals surface area (Å²) in [5, 5.41) is 2.68. The van der Waals surface area contributed by atoms with E-state index in [1.807, 2.05) is 0 Å². The Hall–Kier alpha value is -3.41. The molecule has 0 saturated heterocycles. The van der Waals surface area contributed by atoms with Gasteiger partial charge in [-0.1, -0.05) is 57.2 Å². The van der Waals surface area contributed by atoms with Gasteiger partial charge >= 0.3 is 0 Å². The lowest BCUT2D eigenvalue weighted by molar-refractivity contribution is -0.177. The molecular weight excluding hydrogens is 492 g/mol. The van der Waals surface area contributed by atoms with E-state index in [9.17, 15) is 21.6 Å². The summed E-state index contributed by atoms with van der Waals surface area (Å²) < 4.78 is 54.8. The number of benzene rings is 3. The molecule has 9 nitrogen and oxygen atoms in total. The van der Waals surface area contributed by atoms with E-state index in [1.165, 1.54) is 73.8 Å². The van der Waals surface area contributed by atoms with Crippen LogP contribution >= 0.6 is 0 Å². The Labute approximate surface area is 205 Å². The molecule has 3 aromatic carbocycles. The number of hydrogen-bond acceptors (Lipinski definition) is 7. The molecule has 0 aliphatic heterocycles. The normalized spacial score (nSPS) is 12.1. The summed E-state index contributed by atoms with van der Waals surface area (Å²) in [7, 11) is -7.95. The molecule has 3 rings (SSSR count). The van der Waals surface area contributed by atoms with Crippen LogP contribution in [0.1, 0.15) is 20.8 Å². The molecule has 0 spiro atoms. The van der Waals surface area contributed by atoms with Crippen molar-refractivity contribution in [1.29, 1.82) is 0 Å². The summed E-state index contributed by atoms with van der Waals surface area (Å²) >= 11 is 0. The second-order valence-electron chi connectivity index (χ2n) is 8.47. The van der Waals surface area contributed by atoms with Crippen LogP contribution in [0.2, 0.25) is 0 Å². The SMILES string of the molecule is COOc1cc(N(S(=O)(=O)c2ccccc2)S(=O)(=O)c2ccccc2)ccc1NC(=O)C(C)(C)C. The molecule has 3 aromatic rings. The number of rotatable bonds is 8. The minimum absolute atomic E-state index is 0.0841. The van der Waals surface area contributed by atoms with Crippen molar-refractivity contribution < 1.29 is 31.4 Å². The van der Waals surface area contributed by atoms with Gasteiger partial charge in [0.15, 0.2) is 5.75 Å². The molecular formula is C24H26N2O7S2. The minimum atomic E-state index is -4.59. The first-order chi connectivity index (χ1) is 16.4. The molecule has 11 heteroatoms. The molecule has 0 aliphatic carbocycles. The highest BCUT2D eigenvalue weighted by molar-refractivity contribution is 8.10. The van der Waals surface area contributed by atoms with Crippen molar-refractivity contribution in [3.05, 3.63) is 78.9 Å². The number of sulfonamides is 2. The van der Waals surface area contributed by atoms with Crippen molar-refractivity contribution in [3.63, 3.8) is 0 Å². The summed E-state index contributed by atoms with van der Waals surface area (Å²) in [6.07, 6.45) is 0. The Bertz CT molecular complexity index is 1330. The van der Waals surface area contributed by atoms with Crippen molar-refractivity contribution in [2.24, 2.45) is 5.41 Å². The highest BCUT2D eigenvalue weighted by atomic mass is 32.3. The lowest BCUT2D eigenvalue weighted by Gasteiger charge is -2.25. The smallest absolute Gasteiger partial charge is 0.277 e. The van der Waals surface area contributed by atoms with Crippen LogP contribution in [0.15, 0.2) is 88.7 Å².